The second-order valence-corrected chi connectivity index (χ2v) is 13.0. The first-order valence-electron chi connectivity index (χ1n) is 16.7. The molecule has 0 fully saturated rings. The summed E-state index contributed by atoms with van der Waals surface area (Å²) >= 11 is 0. The van der Waals surface area contributed by atoms with E-state index in [0.29, 0.717) is 72.5 Å². The molecule has 0 saturated heterocycles. The number of nitrogens with zero attached hydrogens (tertiary/aromatic N) is 3. The maximum atomic E-state index is 14.8. The quantitative estimate of drug-likeness (QED) is 0.184. The third kappa shape index (κ3) is 3.81. The summed E-state index contributed by atoms with van der Waals surface area (Å²) in [5.74, 6) is -0.227. The van der Waals surface area contributed by atoms with Crippen molar-refractivity contribution >= 4 is 75.9 Å². The lowest BCUT2D eigenvalue weighted by Gasteiger charge is -2.19. The van der Waals surface area contributed by atoms with Crippen molar-refractivity contribution in [2.24, 2.45) is 0 Å². The number of rotatable bonds is 6. The summed E-state index contributed by atoms with van der Waals surface area (Å²) in [6.07, 6.45) is 0.991. The molecule has 4 aromatic heterocycles. The van der Waals surface area contributed by atoms with Crippen LogP contribution in [0.15, 0.2) is 124 Å². The zero-order valence-corrected chi connectivity index (χ0v) is 26.7. The lowest BCUT2D eigenvalue weighted by molar-refractivity contribution is 0.415. The van der Waals surface area contributed by atoms with Crippen molar-refractivity contribution in [3.05, 3.63) is 151 Å². The number of aromatic hydroxyl groups is 1. The molecule has 0 aliphatic rings. The fourth-order valence-corrected chi connectivity index (χ4v) is 8.12. The number of pyridine rings is 2. The Hall–Kier alpha value is -6.54. The van der Waals surface area contributed by atoms with Gasteiger partial charge in [-0.2, -0.15) is 0 Å². The molecule has 10 rings (SSSR count). The van der Waals surface area contributed by atoms with Gasteiger partial charge in [0.2, 0.25) is 5.88 Å². The molecule has 0 aliphatic carbocycles. The molecule has 0 spiro atoms. The lowest BCUT2D eigenvalue weighted by Crippen LogP contribution is -2.34. The van der Waals surface area contributed by atoms with Crippen molar-refractivity contribution in [3.8, 4) is 5.88 Å². The van der Waals surface area contributed by atoms with E-state index in [4.69, 9.17) is 4.98 Å². The van der Waals surface area contributed by atoms with Gasteiger partial charge >= 0.3 is 0 Å². The van der Waals surface area contributed by atoms with Gasteiger partial charge in [0.25, 0.3) is 16.7 Å². The molecule has 0 radical (unpaired) electrons. The molecule has 8 heteroatoms. The summed E-state index contributed by atoms with van der Waals surface area (Å²) in [6, 6.07) is 34.8. The zero-order chi connectivity index (χ0) is 33.7. The lowest BCUT2D eigenvalue weighted by atomic mass is 9.90. The second-order valence-electron chi connectivity index (χ2n) is 13.0. The van der Waals surface area contributed by atoms with Gasteiger partial charge in [0.05, 0.1) is 38.1 Å². The highest BCUT2D eigenvalue weighted by Crippen LogP contribution is 2.47. The summed E-state index contributed by atoms with van der Waals surface area (Å²) < 4.78 is 2.75. The first kappa shape index (κ1) is 28.5. The van der Waals surface area contributed by atoms with Crippen LogP contribution in [0, 0.1) is 0 Å². The van der Waals surface area contributed by atoms with E-state index in [0.717, 1.165) is 27.4 Å². The molecular weight excluding hydrogens is 624 g/mol. The highest BCUT2D eigenvalue weighted by Gasteiger charge is 2.30. The number of aromatic nitrogens is 4. The van der Waals surface area contributed by atoms with E-state index in [1.807, 2.05) is 109 Å². The number of fused-ring (bicyclic) bond motifs is 10. The Morgan fingerprint density at radius 2 is 1.06 bits per heavy atom. The highest BCUT2D eigenvalue weighted by molar-refractivity contribution is 6.44. The first-order chi connectivity index (χ1) is 24.5. The van der Waals surface area contributed by atoms with Crippen molar-refractivity contribution in [2.45, 2.75) is 25.9 Å². The average molecular weight is 653 g/mol. The van der Waals surface area contributed by atoms with Crippen LogP contribution in [0.1, 0.15) is 11.1 Å². The van der Waals surface area contributed by atoms with Gasteiger partial charge in [-0.15, -0.1) is 0 Å². The van der Waals surface area contributed by atoms with Crippen LogP contribution in [-0.2, 0) is 25.9 Å². The van der Waals surface area contributed by atoms with Crippen LogP contribution < -0.4 is 16.7 Å². The van der Waals surface area contributed by atoms with Crippen LogP contribution in [0.3, 0.4) is 0 Å². The fraction of sp³-hybridized carbons (Fsp3) is 0.0952. The van der Waals surface area contributed by atoms with Gasteiger partial charge in [0.1, 0.15) is 0 Å². The molecular formula is C42H28N4O4. The van der Waals surface area contributed by atoms with Gasteiger partial charge in [-0.25, -0.2) is 4.98 Å². The fourth-order valence-electron chi connectivity index (χ4n) is 8.12. The van der Waals surface area contributed by atoms with Gasteiger partial charge in [0, 0.05) is 50.9 Å². The normalized spacial score (nSPS) is 12.2. The van der Waals surface area contributed by atoms with E-state index in [1.54, 1.807) is 0 Å². The minimum Gasteiger partial charge on any atom is -0.494 e. The summed E-state index contributed by atoms with van der Waals surface area (Å²) in [5.41, 5.74) is 3.12. The van der Waals surface area contributed by atoms with Gasteiger partial charge in [-0.3, -0.25) is 23.5 Å². The molecule has 0 saturated carbocycles. The molecule has 50 heavy (non-hydrogen) atoms. The maximum Gasteiger partial charge on any atom is 0.263 e. The Labute approximate surface area is 282 Å². The van der Waals surface area contributed by atoms with E-state index in [1.165, 1.54) is 9.13 Å². The molecule has 240 valence electrons. The number of aromatic amines is 1. The smallest absolute Gasteiger partial charge is 0.263 e. The summed E-state index contributed by atoms with van der Waals surface area (Å²) in [6.45, 7) is 0.390. The first-order valence-corrected chi connectivity index (χ1v) is 16.7. The molecule has 0 amide bonds. The number of para-hydroxylation sites is 2. The van der Waals surface area contributed by atoms with Crippen molar-refractivity contribution in [2.75, 3.05) is 0 Å². The van der Waals surface area contributed by atoms with Crippen LogP contribution in [0.4, 0.5) is 0 Å². The predicted molar refractivity (Wildman–Crippen MR) is 200 cm³/mol. The van der Waals surface area contributed by atoms with Crippen molar-refractivity contribution < 1.29 is 5.11 Å². The third-order valence-electron chi connectivity index (χ3n) is 10.4. The standard InChI is InChI=1S/C42H28N4O4/c47-39-33-29-25-15-7-9-17-27(25)44-38(29)36-32-31(33)35(41(49)45(39)21-19-23-11-3-1-4-12-23)37-30(26-16-8-10-18-28(26)43-37)34(32)40(48)46(42(36)50)22-20-24-13-5-2-6-14-24/h1-18,43,50H,19-22H2. The van der Waals surface area contributed by atoms with Crippen LogP contribution in [-0.4, -0.2) is 24.2 Å². The number of hydrogen-bond donors (Lipinski definition) is 2. The molecule has 0 atom stereocenters. The van der Waals surface area contributed by atoms with Gasteiger partial charge in [-0.1, -0.05) is 97.1 Å². The Morgan fingerprint density at radius 1 is 0.520 bits per heavy atom. The number of hydrogen-bond acceptors (Lipinski definition) is 5. The van der Waals surface area contributed by atoms with Gasteiger partial charge < -0.3 is 10.1 Å². The van der Waals surface area contributed by atoms with Gasteiger partial charge in [-0.05, 0) is 36.1 Å². The SMILES string of the molecule is O=c1c2c3c4ccccc4[nH]c3c3c(=O)n(CCc4ccccc4)c(=O)c4c5c6ccccc6nc5c(c(O)n1CCc1ccccc1)c2c34. The van der Waals surface area contributed by atoms with E-state index in [2.05, 4.69) is 4.98 Å². The molecule has 0 bridgehead atoms. The minimum absolute atomic E-state index is 0.172. The van der Waals surface area contributed by atoms with E-state index in [-0.39, 0.29) is 24.5 Å². The Balaban J connectivity index is 1.44. The van der Waals surface area contributed by atoms with Crippen LogP contribution in [0.25, 0.3) is 75.9 Å². The van der Waals surface area contributed by atoms with E-state index >= 15 is 0 Å². The molecule has 4 heterocycles. The topological polar surface area (TPSA) is 110 Å². The Kier molecular flexibility index (Phi) is 5.97. The average Bonchev–Trinajstić information content (AvgIpc) is 3.72. The largest absolute Gasteiger partial charge is 0.494 e. The molecule has 0 unspecified atom stereocenters. The minimum atomic E-state index is -0.437. The number of aryl methyl sites for hydroxylation is 2. The van der Waals surface area contributed by atoms with Crippen molar-refractivity contribution in [1.29, 1.82) is 0 Å². The maximum absolute atomic E-state index is 14.8. The third-order valence-corrected chi connectivity index (χ3v) is 10.4. The van der Waals surface area contributed by atoms with Crippen LogP contribution >= 0.6 is 0 Å². The molecule has 10 aromatic rings. The van der Waals surface area contributed by atoms with Crippen LogP contribution in [0.2, 0.25) is 0 Å². The molecule has 0 aliphatic heterocycles. The Morgan fingerprint density at radius 3 is 1.78 bits per heavy atom. The van der Waals surface area contributed by atoms with E-state index in [9.17, 15) is 19.5 Å². The van der Waals surface area contributed by atoms with Crippen molar-refractivity contribution in [3.63, 3.8) is 0 Å². The van der Waals surface area contributed by atoms with E-state index < -0.39 is 11.1 Å². The molecule has 6 aromatic carbocycles. The second kappa shape index (κ2) is 10.5. The Bertz CT molecular complexity index is 3160. The number of benzene rings is 6. The van der Waals surface area contributed by atoms with Crippen LogP contribution in [0.5, 0.6) is 5.88 Å². The number of H-pyrrole nitrogens is 1. The monoisotopic (exact) mass is 652 g/mol. The van der Waals surface area contributed by atoms with Crippen molar-refractivity contribution in [1.82, 2.24) is 19.1 Å². The summed E-state index contributed by atoms with van der Waals surface area (Å²) in [5, 5.41) is 17.0. The summed E-state index contributed by atoms with van der Waals surface area (Å²) in [7, 11) is 0. The van der Waals surface area contributed by atoms with Gasteiger partial charge in [0.15, 0.2) is 0 Å². The molecule has 2 N–H and O–H groups in total. The zero-order valence-electron chi connectivity index (χ0n) is 26.7. The molecule has 8 nitrogen and oxygen atoms in total. The number of nitrogens with one attached hydrogen (secondary N) is 1. The summed E-state index contributed by atoms with van der Waals surface area (Å²) in [4.78, 5) is 52.9. The highest BCUT2D eigenvalue weighted by atomic mass is 16.3. The predicted octanol–water partition coefficient (Wildman–Crippen LogP) is 7.23.